The van der Waals surface area contributed by atoms with Crippen LogP contribution in [-0.4, -0.2) is 60.9 Å². The molecule has 30 heavy (non-hydrogen) atoms. The van der Waals surface area contributed by atoms with E-state index in [2.05, 4.69) is 10.2 Å². The lowest BCUT2D eigenvalue weighted by Crippen LogP contribution is -2.43. The fraction of sp³-hybridized carbons (Fsp3) is 0.520. The number of nitrogens with zero attached hydrogens (tertiary/aromatic N) is 2. The number of carbonyl (C=O) groups excluding carboxylic acids is 2. The molecule has 2 fully saturated rings. The van der Waals surface area contributed by atoms with Gasteiger partial charge in [-0.15, -0.1) is 0 Å². The molecule has 2 amide bonds. The van der Waals surface area contributed by atoms with E-state index >= 15 is 0 Å². The second-order valence-corrected chi connectivity index (χ2v) is 8.64. The molecule has 0 atom stereocenters. The van der Waals surface area contributed by atoms with Crippen LogP contribution in [0.25, 0.3) is 10.8 Å². The molecule has 2 heterocycles. The first kappa shape index (κ1) is 20.9. The van der Waals surface area contributed by atoms with Gasteiger partial charge < -0.3 is 15.1 Å². The van der Waals surface area contributed by atoms with Gasteiger partial charge in [0.2, 0.25) is 5.91 Å². The number of piperidine rings is 2. The maximum Gasteiger partial charge on any atom is 0.254 e. The van der Waals surface area contributed by atoms with Crippen molar-refractivity contribution in [2.45, 2.75) is 38.5 Å². The Labute approximate surface area is 179 Å². The normalized spacial score (nSPS) is 18.5. The zero-order valence-electron chi connectivity index (χ0n) is 17.8. The maximum atomic E-state index is 13.1. The third-order valence-electron chi connectivity index (χ3n) is 6.57. The van der Waals surface area contributed by atoms with Crippen LogP contribution in [0.2, 0.25) is 0 Å². The number of carbonyl (C=O) groups is 2. The molecular weight excluding hydrogens is 374 g/mol. The minimum Gasteiger partial charge on any atom is -0.356 e. The Morgan fingerprint density at radius 1 is 0.900 bits per heavy atom. The van der Waals surface area contributed by atoms with Crippen molar-refractivity contribution in [1.29, 1.82) is 0 Å². The monoisotopic (exact) mass is 407 g/mol. The number of amides is 2. The van der Waals surface area contributed by atoms with Crippen molar-refractivity contribution in [3.63, 3.8) is 0 Å². The molecule has 2 saturated heterocycles. The molecule has 0 unspecified atom stereocenters. The van der Waals surface area contributed by atoms with Gasteiger partial charge in [0.1, 0.15) is 0 Å². The summed E-state index contributed by atoms with van der Waals surface area (Å²) in [6, 6.07) is 13.9. The summed E-state index contributed by atoms with van der Waals surface area (Å²) in [6.45, 7) is 5.54. The molecule has 2 aliphatic rings. The van der Waals surface area contributed by atoms with Gasteiger partial charge in [-0.3, -0.25) is 9.59 Å². The number of hydrogen-bond acceptors (Lipinski definition) is 3. The third kappa shape index (κ3) is 5.01. The maximum absolute atomic E-state index is 13.1. The molecule has 0 aliphatic carbocycles. The van der Waals surface area contributed by atoms with Gasteiger partial charge in [0.15, 0.2) is 0 Å². The Morgan fingerprint density at radius 2 is 1.63 bits per heavy atom. The lowest BCUT2D eigenvalue weighted by atomic mass is 9.94. The molecular formula is C25H33N3O2. The number of rotatable bonds is 6. The zero-order chi connectivity index (χ0) is 20.8. The third-order valence-corrected chi connectivity index (χ3v) is 6.57. The van der Waals surface area contributed by atoms with Crippen LogP contribution in [0, 0.1) is 5.92 Å². The molecule has 2 aromatic rings. The lowest BCUT2D eigenvalue weighted by molar-refractivity contribution is -0.126. The SMILES string of the molecule is O=C(NCCCN1CCCCC1)C1CCN(C(=O)c2cccc3ccccc23)CC1. The molecule has 160 valence electrons. The summed E-state index contributed by atoms with van der Waals surface area (Å²) >= 11 is 0. The fourth-order valence-electron chi connectivity index (χ4n) is 4.77. The van der Waals surface area contributed by atoms with E-state index in [1.165, 1.54) is 32.4 Å². The van der Waals surface area contributed by atoms with Crippen molar-refractivity contribution < 1.29 is 9.59 Å². The van der Waals surface area contributed by atoms with Gasteiger partial charge >= 0.3 is 0 Å². The van der Waals surface area contributed by atoms with E-state index < -0.39 is 0 Å². The van der Waals surface area contributed by atoms with Crippen LogP contribution in [0.5, 0.6) is 0 Å². The molecule has 5 nitrogen and oxygen atoms in total. The highest BCUT2D eigenvalue weighted by atomic mass is 16.2. The quantitative estimate of drug-likeness (QED) is 0.743. The van der Waals surface area contributed by atoms with Crippen LogP contribution in [0.1, 0.15) is 48.9 Å². The smallest absolute Gasteiger partial charge is 0.254 e. The van der Waals surface area contributed by atoms with Gasteiger partial charge in [0.25, 0.3) is 5.91 Å². The highest BCUT2D eigenvalue weighted by Gasteiger charge is 2.28. The second-order valence-electron chi connectivity index (χ2n) is 8.64. The van der Waals surface area contributed by atoms with Crippen LogP contribution >= 0.6 is 0 Å². The van der Waals surface area contributed by atoms with Crippen molar-refractivity contribution in [3.05, 3.63) is 48.0 Å². The summed E-state index contributed by atoms with van der Waals surface area (Å²) in [5.74, 6) is 0.259. The summed E-state index contributed by atoms with van der Waals surface area (Å²) in [5, 5.41) is 5.21. The average Bonchev–Trinajstić information content (AvgIpc) is 2.81. The van der Waals surface area contributed by atoms with E-state index in [0.717, 1.165) is 48.7 Å². The standard InChI is InChI=1S/C25H33N3O2/c29-24(26-14-7-17-27-15-4-1-5-16-27)21-12-18-28(19-13-21)25(30)23-11-6-9-20-8-2-3-10-22(20)23/h2-3,6,8-11,21H,1,4-5,7,12-19H2,(H,26,29). The van der Waals surface area contributed by atoms with Gasteiger partial charge in [-0.2, -0.15) is 0 Å². The van der Waals surface area contributed by atoms with Crippen LogP contribution in [0.15, 0.2) is 42.5 Å². The van der Waals surface area contributed by atoms with Gasteiger partial charge in [-0.1, -0.05) is 42.8 Å². The minimum atomic E-state index is 0.0246. The Balaban J connectivity index is 1.23. The molecule has 0 saturated carbocycles. The van der Waals surface area contributed by atoms with Crippen molar-refractivity contribution in [2.75, 3.05) is 39.3 Å². The van der Waals surface area contributed by atoms with E-state index in [4.69, 9.17) is 0 Å². The van der Waals surface area contributed by atoms with E-state index in [9.17, 15) is 9.59 Å². The topological polar surface area (TPSA) is 52.7 Å². The zero-order valence-corrected chi connectivity index (χ0v) is 17.8. The van der Waals surface area contributed by atoms with Crippen LogP contribution in [0.3, 0.4) is 0 Å². The molecule has 4 rings (SSSR count). The molecule has 0 aromatic heterocycles. The first-order valence-corrected chi connectivity index (χ1v) is 11.5. The van der Waals surface area contributed by atoms with Crippen molar-refractivity contribution in [1.82, 2.24) is 15.1 Å². The number of hydrogen-bond donors (Lipinski definition) is 1. The number of likely N-dealkylation sites (tertiary alicyclic amines) is 2. The molecule has 0 bridgehead atoms. The van der Waals surface area contributed by atoms with Crippen LogP contribution in [-0.2, 0) is 4.79 Å². The Kier molecular flexibility index (Phi) is 7.00. The number of fused-ring (bicyclic) bond motifs is 1. The van der Waals surface area contributed by atoms with E-state index in [-0.39, 0.29) is 17.7 Å². The number of benzene rings is 2. The van der Waals surface area contributed by atoms with Crippen molar-refractivity contribution >= 4 is 22.6 Å². The molecule has 2 aliphatic heterocycles. The summed E-state index contributed by atoms with van der Waals surface area (Å²) in [5.41, 5.74) is 0.758. The average molecular weight is 408 g/mol. The Bertz CT molecular complexity index is 862. The fourth-order valence-corrected chi connectivity index (χ4v) is 4.77. The molecule has 2 aromatic carbocycles. The summed E-state index contributed by atoms with van der Waals surface area (Å²) in [6.07, 6.45) is 6.48. The summed E-state index contributed by atoms with van der Waals surface area (Å²) in [4.78, 5) is 30.0. The number of nitrogens with one attached hydrogen (secondary N) is 1. The van der Waals surface area contributed by atoms with Gasteiger partial charge in [-0.25, -0.2) is 0 Å². The highest BCUT2D eigenvalue weighted by molar-refractivity contribution is 6.07. The van der Waals surface area contributed by atoms with Crippen LogP contribution < -0.4 is 5.32 Å². The Morgan fingerprint density at radius 3 is 2.43 bits per heavy atom. The lowest BCUT2D eigenvalue weighted by Gasteiger charge is -2.32. The summed E-state index contributed by atoms with van der Waals surface area (Å²) in [7, 11) is 0. The van der Waals surface area contributed by atoms with Gasteiger partial charge in [0, 0.05) is 31.1 Å². The van der Waals surface area contributed by atoms with Crippen LogP contribution in [0.4, 0.5) is 0 Å². The predicted molar refractivity (Wildman–Crippen MR) is 120 cm³/mol. The van der Waals surface area contributed by atoms with Crippen molar-refractivity contribution in [3.8, 4) is 0 Å². The van der Waals surface area contributed by atoms with Crippen molar-refractivity contribution in [2.24, 2.45) is 5.92 Å². The van der Waals surface area contributed by atoms with Gasteiger partial charge in [-0.05, 0) is 68.6 Å². The molecule has 5 heteroatoms. The molecule has 0 spiro atoms. The van der Waals surface area contributed by atoms with Gasteiger partial charge in [0.05, 0.1) is 0 Å². The van der Waals surface area contributed by atoms with E-state index in [1.54, 1.807) is 0 Å². The minimum absolute atomic E-state index is 0.0246. The second kappa shape index (κ2) is 10.1. The Hall–Kier alpha value is -2.40. The first-order chi connectivity index (χ1) is 14.7. The predicted octanol–water partition coefficient (Wildman–Crippen LogP) is 3.68. The molecule has 0 radical (unpaired) electrons. The van der Waals surface area contributed by atoms with E-state index in [1.807, 2.05) is 47.4 Å². The molecule has 1 N–H and O–H groups in total. The largest absolute Gasteiger partial charge is 0.356 e. The first-order valence-electron chi connectivity index (χ1n) is 11.5. The highest BCUT2D eigenvalue weighted by Crippen LogP contribution is 2.23. The van der Waals surface area contributed by atoms with E-state index in [0.29, 0.717) is 13.1 Å². The summed E-state index contributed by atoms with van der Waals surface area (Å²) < 4.78 is 0.